The van der Waals surface area contributed by atoms with Gasteiger partial charge in [-0.2, -0.15) is 0 Å². The van der Waals surface area contributed by atoms with Crippen LogP contribution in [0.15, 0.2) is 18.3 Å². The summed E-state index contributed by atoms with van der Waals surface area (Å²) in [5, 5.41) is 12.5. The number of carbonyl (C=O) groups is 1. The lowest BCUT2D eigenvalue weighted by Gasteiger charge is -2.22. The number of carboxylic acids is 1. The average molecular weight is 271 g/mol. The molecule has 2 atom stereocenters. The summed E-state index contributed by atoms with van der Waals surface area (Å²) in [6, 6.07) is 3.34. The fourth-order valence-corrected chi connectivity index (χ4v) is 2.66. The van der Waals surface area contributed by atoms with Crippen molar-refractivity contribution in [3.05, 3.63) is 29.6 Å². The normalized spacial score (nSPS) is 20.2. The largest absolute Gasteiger partial charge is 0.478 e. The lowest BCUT2D eigenvalue weighted by atomic mass is 9.84. The molecule has 0 saturated carbocycles. The monoisotopic (exact) mass is 270 g/mol. The second kappa shape index (κ2) is 6.71. The van der Waals surface area contributed by atoms with E-state index < -0.39 is 5.97 Å². The standard InChI is InChI=1S/C13H18N2O2.ClH/c1-2-10(9-5-7-14-8-9)12-11(13(16)17)4-3-6-15-12;/h3-4,6,9-10,14H,2,5,7-8H2,1H3,(H,16,17);1H. The van der Waals surface area contributed by atoms with Gasteiger partial charge in [0.05, 0.1) is 11.3 Å². The van der Waals surface area contributed by atoms with Gasteiger partial charge in [0.15, 0.2) is 0 Å². The Kier molecular flexibility index (Phi) is 5.56. The van der Waals surface area contributed by atoms with E-state index in [1.54, 1.807) is 18.3 Å². The Bertz CT molecular complexity index is 406. The molecule has 0 amide bonds. The number of carboxylic acid groups (broad SMARTS) is 1. The van der Waals surface area contributed by atoms with Crippen LogP contribution in [0.25, 0.3) is 0 Å². The number of aromatic nitrogens is 1. The molecule has 1 saturated heterocycles. The van der Waals surface area contributed by atoms with E-state index in [1.165, 1.54) is 0 Å². The number of nitrogens with one attached hydrogen (secondary N) is 1. The topological polar surface area (TPSA) is 62.2 Å². The molecule has 0 spiro atoms. The summed E-state index contributed by atoms with van der Waals surface area (Å²) >= 11 is 0. The highest BCUT2D eigenvalue weighted by molar-refractivity contribution is 5.89. The van der Waals surface area contributed by atoms with Crippen LogP contribution in [0.1, 0.15) is 41.7 Å². The van der Waals surface area contributed by atoms with E-state index in [2.05, 4.69) is 17.2 Å². The molecule has 0 bridgehead atoms. The van der Waals surface area contributed by atoms with E-state index in [0.717, 1.165) is 31.6 Å². The Hall–Kier alpha value is -1.13. The van der Waals surface area contributed by atoms with E-state index >= 15 is 0 Å². The van der Waals surface area contributed by atoms with Gasteiger partial charge in [0, 0.05) is 12.1 Å². The highest BCUT2D eigenvalue weighted by Gasteiger charge is 2.28. The third kappa shape index (κ3) is 3.00. The zero-order chi connectivity index (χ0) is 12.3. The summed E-state index contributed by atoms with van der Waals surface area (Å²) in [6.07, 6.45) is 3.73. The van der Waals surface area contributed by atoms with Crippen LogP contribution in [-0.2, 0) is 0 Å². The van der Waals surface area contributed by atoms with E-state index in [9.17, 15) is 9.90 Å². The third-order valence-electron chi connectivity index (χ3n) is 3.53. The molecule has 2 heterocycles. The zero-order valence-electron chi connectivity index (χ0n) is 10.4. The van der Waals surface area contributed by atoms with Gasteiger partial charge in [-0.05, 0) is 44.0 Å². The number of aromatic carboxylic acids is 1. The maximum absolute atomic E-state index is 11.2. The molecule has 1 fully saturated rings. The van der Waals surface area contributed by atoms with Crippen molar-refractivity contribution in [1.29, 1.82) is 0 Å². The smallest absolute Gasteiger partial charge is 0.337 e. The van der Waals surface area contributed by atoms with Crippen LogP contribution in [0.2, 0.25) is 0 Å². The Balaban J connectivity index is 0.00000162. The third-order valence-corrected chi connectivity index (χ3v) is 3.53. The Morgan fingerprint density at radius 1 is 1.67 bits per heavy atom. The lowest BCUT2D eigenvalue weighted by molar-refractivity contribution is 0.0694. The van der Waals surface area contributed by atoms with Crippen molar-refractivity contribution in [1.82, 2.24) is 10.3 Å². The SMILES string of the molecule is CCC(c1ncccc1C(=O)O)C1CCNC1.Cl. The molecule has 18 heavy (non-hydrogen) atoms. The van der Waals surface area contributed by atoms with Crippen LogP contribution >= 0.6 is 12.4 Å². The number of pyridine rings is 1. The molecule has 1 aliphatic rings. The lowest BCUT2D eigenvalue weighted by Crippen LogP contribution is -2.19. The van der Waals surface area contributed by atoms with Crippen LogP contribution in [-0.4, -0.2) is 29.1 Å². The summed E-state index contributed by atoms with van der Waals surface area (Å²) in [5.41, 5.74) is 1.10. The first kappa shape index (κ1) is 14.9. The molecule has 5 heteroatoms. The number of halogens is 1. The van der Waals surface area contributed by atoms with Crippen molar-refractivity contribution in [2.24, 2.45) is 5.92 Å². The molecule has 0 aromatic carbocycles. The van der Waals surface area contributed by atoms with Crippen molar-refractivity contribution in [2.75, 3.05) is 13.1 Å². The van der Waals surface area contributed by atoms with E-state index in [4.69, 9.17) is 0 Å². The summed E-state index contributed by atoms with van der Waals surface area (Å²) in [5.74, 6) is -0.122. The summed E-state index contributed by atoms with van der Waals surface area (Å²) in [7, 11) is 0. The van der Waals surface area contributed by atoms with Gasteiger partial charge in [-0.15, -0.1) is 12.4 Å². The molecule has 2 N–H and O–H groups in total. The molecule has 2 rings (SSSR count). The molecule has 0 aliphatic carbocycles. The van der Waals surface area contributed by atoms with Gasteiger partial charge in [0.1, 0.15) is 0 Å². The second-order valence-electron chi connectivity index (χ2n) is 4.51. The van der Waals surface area contributed by atoms with Crippen LogP contribution < -0.4 is 5.32 Å². The fraction of sp³-hybridized carbons (Fsp3) is 0.538. The highest BCUT2D eigenvalue weighted by atomic mass is 35.5. The second-order valence-corrected chi connectivity index (χ2v) is 4.51. The van der Waals surface area contributed by atoms with Crippen molar-refractivity contribution < 1.29 is 9.90 Å². The first-order valence-corrected chi connectivity index (χ1v) is 6.13. The number of rotatable bonds is 4. The Morgan fingerprint density at radius 3 is 3.00 bits per heavy atom. The van der Waals surface area contributed by atoms with Gasteiger partial charge < -0.3 is 10.4 Å². The summed E-state index contributed by atoms with van der Waals surface area (Å²) in [4.78, 5) is 15.5. The molecule has 1 aromatic heterocycles. The van der Waals surface area contributed by atoms with Crippen molar-refractivity contribution in [2.45, 2.75) is 25.7 Å². The molecule has 100 valence electrons. The van der Waals surface area contributed by atoms with Gasteiger partial charge in [-0.3, -0.25) is 4.98 Å². The van der Waals surface area contributed by atoms with Crippen molar-refractivity contribution in [3.8, 4) is 0 Å². The molecule has 0 radical (unpaired) electrons. The maximum atomic E-state index is 11.2. The van der Waals surface area contributed by atoms with Crippen LogP contribution in [0.3, 0.4) is 0 Å². The quantitative estimate of drug-likeness (QED) is 0.881. The number of hydrogen-bond acceptors (Lipinski definition) is 3. The molecule has 4 nitrogen and oxygen atoms in total. The fourth-order valence-electron chi connectivity index (χ4n) is 2.66. The molecular formula is C13H19ClN2O2. The van der Waals surface area contributed by atoms with Gasteiger partial charge in [0.2, 0.25) is 0 Å². The van der Waals surface area contributed by atoms with E-state index in [1.807, 2.05) is 0 Å². The van der Waals surface area contributed by atoms with Gasteiger partial charge in [0.25, 0.3) is 0 Å². The van der Waals surface area contributed by atoms with Crippen molar-refractivity contribution >= 4 is 18.4 Å². The van der Waals surface area contributed by atoms with Crippen LogP contribution in [0.5, 0.6) is 0 Å². The molecular weight excluding hydrogens is 252 g/mol. The van der Waals surface area contributed by atoms with E-state index in [0.29, 0.717) is 11.5 Å². The predicted octanol–water partition coefficient (Wildman–Crippen LogP) is 2.30. The van der Waals surface area contributed by atoms with Crippen LogP contribution in [0.4, 0.5) is 0 Å². The minimum Gasteiger partial charge on any atom is -0.478 e. The first-order chi connectivity index (χ1) is 8.24. The van der Waals surface area contributed by atoms with Crippen LogP contribution in [0, 0.1) is 5.92 Å². The summed E-state index contributed by atoms with van der Waals surface area (Å²) < 4.78 is 0. The number of nitrogens with zero attached hydrogens (tertiary/aromatic N) is 1. The molecule has 1 aromatic rings. The Labute approximate surface area is 113 Å². The first-order valence-electron chi connectivity index (χ1n) is 6.13. The van der Waals surface area contributed by atoms with Crippen molar-refractivity contribution in [3.63, 3.8) is 0 Å². The number of hydrogen-bond donors (Lipinski definition) is 2. The average Bonchev–Trinajstić information content (AvgIpc) is 2.84. The molecule has 2 unspecified atom stereocenters. The Morgan fingerprint density at radius 2 is 2.44 bits per heavy atom. The highest BCUT2D eigenvalue weighted by Crippen LogP contribution is 2.32. The van der Waals surface area contributed by atoms with Gasteiger partial charge in [-0.25, -0.2) is 4.79 Å². The minimum atomic E-state index is -0.877. The predicted molar refractivity (Wildman–Crippen MR) is 72.5 cm³/mol. The molecule has 1 aliphatic heterocycles. The minimum absolute atomic E-state index is 0. The maximum Gasteiger partial charge on any atom is 0.337 e. The van der Waals surface area contributed by atoms with E-state index in [-0.39, 0.29) is 18.3 Å². The van der Waals surface area contributed by atoms with Gasteiger partial charge in [-0.1, -0.05) is 6.92 Å². The van der Waals surface area contributed by atoms with Gasteiger partial charge >= 0.3 is 5.97 Å². The summed E-state index contributed by atoms with van der Waals surface area (Å²) in [6.45, 7) is 4.09. The zero-order valence-corrected chi connectivity index (χ0v) is 11.2.